The van der Waals surface area contributed by atoms with Crippen LogP contribution < -0.4 is 15.2 Å². The lowest BCUT2D eigenvalue weighted by Crippen LogP contribution is -2.51. The minimum absolute atomic E-state index is 0.126. The second-order valence-electron chi connectivity index (χ2n) is 6.57. The van der Waals surface area contributed by atoms with E-state index in [1.54, 1.807) is 4.57 Å². The molecule has 0 spiro atoms. The fourth-order valence-electron chi connectivity index (χ4n) is 2.31. The Labute approximate surface area is 133 Å². The first-order chi connectivity index (χ1) is 10.2. The first-order valence-corrected chi connectivity index (χ1v) is 7.86. The van der Waals surface area contributed by atoms with Crippen molar-refractivity contribution in [2.75, 3.05) is 0 Å². The highest BCUT2D eigenvalue weighted by molar-refractivity contribution is 5.93. The van der Waals surface area contributed by atoms with E-state index < -0.39 is 6.03 Å². The summed E-state index contributed by atoms with van der Waals surface area (Å²) in [4.78, 5) is 23.5. The number of urea groups is 1. The number of nitrogens with one attached hydrogen (secondary N) is 2. The molecule has 2 N–H and O–H groups in total. The summed E-state index contributed by atoms with van der Waals surface area (Å²) in [5.41, 5.74) is 0.918. The number of nitrogens with zero attached hydrogens (tertiary/aromatic N) is 1. The van der Waals surface area contributed by atoms with Gasteiger partial charge in [-0.05, 0) is 45.1 Å². The molecule has 5 heteroatoms. The molecule has 0 saturated carbocycles. The lowest BCUT2D eigenvalue weighted by Gasteiger charge is -2.19. The van der Waals surface area contributed by atoms with Gasteiger partial charge in [0, 0.05) is 17.7 Å². The summed E-state index contributed by atoms with van der Waals surface area (Å²) in [6.45, 7) is 10.1. The van der Waals surface area contributed by atoms with Crippen molar-refractivity contribution in [3.63, 3.8) is 0 Å². The third kappa shape index (κ3) is 6.24. The predicted octanol–water partition coefficient (Wildman–Crippen LogP) is 2.50. The van der Waals surface area contributed by atoms with Crippen molar-refractivity contribution in [2.45, 2.75) is 65.5 Å². The molecule has 0 aliphatic rings. The van der Waals surface area contributed by atoms with E-state index in [0.29, 0.717) is 5.92 Å². The lowest BCUT2D eigenvalue weighted by molar-refractivity contribution is -0.684. The van der Waals surface area contributed by atoms with Gasteiger partial charge in [0.2, 0.25) is 6.54 Å². The van der Waals surface area contributed by atoms with Gasteiger partial charge in [0.1, 0.15) is 0 Å². The number of imide groups is 1. The van der Waals surface area contributed by atoms with Crippen LogP contribution in [0.3, 0.4) is 0 Å². The van der Waals surface area contributed by atoms with Crippen molar-refractivity contribution in [3.05, 3.63) is 30.1 Å². The van der Waals surface area contributed by atoms with Gasteiger partial charge in [-0.15, -0.1) is 0 Å². The quantitative estimate of drug-likeness (QED) is 0.821. The third-order valence-corrected chi connectivity index (χ3v) is 3.44. The Morgan fingerprint density at radius 3 is 2.14 bits per heavy atom. The minimum Gasteiger partial charge on any atom is -0.333 e. The number of rotatable bonds is 5. The van der Waals surface area contributed by atoms with Crippen LogP contribution in [0.15, 0.2) is 24.5 Å². The van der Waals surface area contributed by atoms with Crippen LogP contribution in [0.25, 0.3) is 0 Å². The molecule has 122 valence electrons. The summed E-state index contributed by atoms with van der Waals surface area (Å²) in [6.07, 6.45) is 5.98. The Kier molecular flexibility index (Phi) is 6.53. The molecule has 0 aliphatic carbocycles. The smallest absolute Gasteiger partial charge is 0.322 e. The third-order valence-electron chi connectivity index (χ3n) is 3.44. The zero-order valence-corrected chi connectivity index (χ0v) is 14.3. The van der Waals surface area contributed by atoms with Crippen LogP contribution in [0, 0.1) is 0 Å². The lowest BCUT2D eigenvalue weighted by atomic mass is 9.95. The highest BCUT2D eigenvalue weighted by Gasteiger charge is 2.18. The van der Waals surface area contributed by atoms with E-state index in [4.69, 9.17) is 0 Å². The van der Waals surface area contributed by atoms with Crippen LogP contribution in [0.4, 0.5) is 4.79 Å². The summed E-state index contributed by atoms with van der Waals surface area (Å²) >= 11 is 0. The van der Waals surface area contributed by atoms with Crippen molar-refractivity contribution in [1.29, 1.82) is 0 Å². The normalized spacial score (nSPS) is 11.4. The van der Waals surface area contributed by atoms with E-state index in [2.05, 4.69) is 24.5 Å². The monoisotopic (exact) mass is 306 g/mol. The van der Waals surface area contributed by atoms with Gasteiger partial charge in [0.15, 0.2) is 12.4 Å². The zero-order chi connectivity index (χ0) is 16.8. The van der Waals surface area contributed by atoms with Crippen LogP contribution in [0.5, 0.6) is 0 Å². The average molecular weight is 306 g/mol. The number of carbonyl (C=O) groups excluding carboxylic acids is 2. The van der Waals surface area contributed by atoms with Gasteiger partial charge in [0.05, 0.1) is 0 Å². The maximum atomic E-state index is 11.8. The maximum absolute atomic E-state index is 11.8. The standard InChI is InChI=1S/C17H27N3O2/c1-6-13(7-2)14-8-10-20(11-9-14)12-15(21)18-16(22)19-17(3,4)5/h8-11,13H,6-7,12H2,1-5H3,(H-,18,19,21,22)/p+1. The van der Waals surface area contributed by atoms with Crippen LogP contribution in [-0.4, -0.2) is 17.5 Å². The Morgan fingerprint density at radius 2 is 1.68 bits per heavy atom. The number of amides is 3. The zero-order valence-electron chi connectivity index (χ0n) is 14.3. The molecule has 0 atom stereocenters. The highest BCUT2D eigenvalue weighted by atomic mass is 16.2. The second kappa shape index (κ2) is 7.92. The van der Waals surface area contributed by atoms with E-state index >= 15 is 0 Å². The topological polar surface area (TPSA) is 62.1 Å². The minimum atomic E-state index is -0.466. The van der Waals surface area contributed by atoms with E-state index in [1.807, 2.05) is 45.3 Å². The van der Waals surface area contributed by atoms with E-state index in [1.165, 1.54) is 5.56 Å². The molecule has 1 aromatic rings. The molecule has 0 aromatic carbocycles. The molecule has 1 heterocycles. The first-order valence-electron chi connectivity index (χ1n) is 7.86. The van der Waals surface area contributed by atoms with Crippen molar-refractivity contribution < 1.29 is 14.2 Å². The predicted molar refractivity (Wildman–Crippen MR) is 86.4 cm³/mol. The molecule has 0 bridgehead atoms. The largest absolute Gasteiger partial charge is 0.333 e. The van der Waals surface area contributed by atoms with Crippen molar-refractivity contribution in [1.82, 2.24) is 10.6 Å². The Morgan fingerprint density at radius 1 is 1.14 bits per heavy atom. The Hall–Kier alpha value is -1.91. The molecule has 22 heavy (non-hydrogen) atoms. The van der Waals surface area contributed by atoms with Crippen molar-refractivity contribution in [3.8, 4) is 0 Å². The van der Waals surface area contributed by atoms with Gasteiger partial charge in [-0.25, -0.2) is 4.79 Å². The average Bonchev–Trinajstić information content (AvgIpc) is 2.39. The summed E-state index contributed by atoms with van der Waals surface area (Å²) in [5.74, 6) is 0.225. The molecule has 1 rings (SSSR count). The van der Waals surface area contributed by atoms with Crippen LogP contribution >= 0.6 is 0 Å². The van der Waals surface area contributed by atoms with Gasteiger partial charge in [0.25, 0.3) is 5.91 Å². The molecular weight excluding hydrogens is 278 g/mol. The van der Waals surface area contributed by atoms with E-state index in [9.17, 15) is 9.59 Å². The fourth-order valence-corrected chi connectivity index (χ4v) is 2.31. The summed E-state index contributed by atoms with van der Waals surface area (Å²) in [7, 11) is 0. The summed E-state index contributed by atoms with van der Waals surface area (Å²) < 4.78 is 1.77. The molecule has 1 aromatic heterocycles. The molecule has 0 saturated heterocycles. The maximum Gasteiger partial charge on any atom is 0.322 e. The number of pyridine rings is 1. The molecule has 0 radical (unpaired) electrons. The fraction of sp³-hybridized carbons (Fsp3) is 0.588. The molecular formula is C17H28N3O2+. The molecule has 0 aliphatic heterocycles. The van der Waals surface area contributed by atoms with Crippen molar-refractivity contribution in [2.24, 2.45) is 0 Å². The second-order valence-corrected chi connectivity index (χ2v) is 6.57. The van der Waals surface area contributed by atoms with Gasteiger partial charge < -0.3 is 5.32 Å². The first kappa shape index (κ1) is 18.1. The van der Waals surface area contributed by atoms with Gasteiger partial charge in [-0.2, -0.15) is 4.57 Å². The Balaban J connectivity index is 2.56. The van der Waals surface area contributed by atoms with Crippen LogP contribution in [-0.2, 0) is 11.3 Å². The van der Waals surface area contributed by atoms with E-state index in [0.717, 1.165) is 12.8 Å². The number of hydrogen-bond acceptors (Lipinski definition) is 2. The SMILES string of the molecule is CCC(CC)c1cc[n+](CC(=O)NC(=O)NC(C)(C)C)cc1. The molecule has 0 fully saturated rings. The molecule has 0 unspecified atom stereocenters. The van der Waals surface area contributed by atoms with E-state index in [-0.39, 0.29) is 18.0 Å². The van der Waals surface area contributed by atoms with Crippen LogP contribution in [0.1, 0.15) is 58.9 Å². The Bertz CT molecular complexity index is 500. The van der Waals surface area contributed by atoms with Gasteiger partial charge in [-0.1, -0.05) is 13.8 Å². The highest BCUT2D eigenvalue weighted by Crippen LogP contribution is 2.21. The summed E-state index contributed by atoms with van der Waals surface area (Å²) in [6, 6.07) is 3.62. The number of carbonyl (C=O) groups is 2. The molecule has 3 amide bonds. The number of hydrogen-bond donors (Lipinski definition) is 2. The molecule has 5 nitrogen and oxygen atoms in total. The van der Waals surface area contributed by atoms with Gasteiger partial charge in [-0.3, -0.25) is 10.1 Å². The van der Waals surface area contributed by atoms with Crippen molar-refractivity contribution >= 4 is 11.9 Å². The number of aromatic nitrogens is 1. The van der Waals surface area contributed by atoms with Crippen LogP contribution in [0.2, 0.25) is 0 Å². The van der Waals surface area contributed by atoms with Gasteiger partial charge >= 0.3 is 6.03 Å². The summed E-state index contributed by atoms with van der Waals surface area (Å²) in [5, 5.41) is 5.03.